The minimum atomic E-state index is -1.57. The van der Waals surface area contributed by atoms with Gasteiger partial charge in [0.05, 0.1) is 25.4 Å². The third-order valence-electron chi connectivity index (χ3n) is 14.4. The highest BCUT2D eigenvalue weighted by atomic mass is 16.7. The number of hydrogen-bond acceptors (Lipinski definition) is 8. The van der Waals surface area contributed by atoms with Crippen molar-refractivity contribution in [1.82, 2.24) is 5.32 Å². The molecule has 0 spiro atoms. The predicted octanol–water partition coefficient (Wildman–Crippen LogP) is 15.1. The molecular formula is C61H115NO8. The van der Waals surface area contributed by atoms with Crippen molar-refractivity contribution >= 4 is 5.91 Å². The Morgan fingerprint density at radius 2 is 0.814 bits per heavy atom. The first-order valence-corrected chi connectivity index (χ1v) is 30.2. The van der Waals surface area contributed by atoms with Crippen LogP contribution < -0.4 is 5.32 Å². The maximum Gasteiger partial charge on any atom is 0.220 e. The zero-order chi connectivity index (χ0) is 50.8. The van der Waals surface area contributed by atoms with Gasteiger partial charge in [-0.25, -0.2) is 0 Å². The molecule has 1 amide bonds. The summed E-state index contributed by atoms with van der Waals surface area (Å²) in [6.07, 6.45) is 59.3. The molecule has 7 atom stereocenters. The molecule has 7 unspecified atom stereocenters. The van der Waals surface area contributed by atoms with E-state index in [1.165, 1.54) is 231 Å². The fraction of sp³-hybridized carbons (Fsp3) is 0.885. The zero-order valence-corrected chi connectivity index (χ0v) is 45.8. The Hall–Kier alpha value is -1.59. The summed E-state index contributed by atoms with van der Waals surface area (Å²) in [5, 5.41) is 54.5. The lowest BCUT2D eigenvalue weighted by molar-refractivity contribution is -0.302. The SMILES string of the molecule is CCCCCCCCCC/C=C\CCCCCCCCCCCCCCCCCC(=O)NC(COC1OC(CO)C(O)C(O)C1O)C(O)/C=C/CC/C=C/CCCCCCCCCCCCCCCC. The van der Waals surface area contributed by atoms with Gasteiger partial charge < -0.3 is 40.3 Å². The number of carbonyl (C=O) groups is 1. The van der Waals surface area contributed by atoms with Crippen molar-refractivity contribution in [1.29, 1.82) is 0 Å². The van der Waals surface area contributed by atoms with Crippen molar-refractivity contribution in [3.63, 3.8) is 0 Å². The number of nitrogens with one attached hydrogen (secondary N) is 1. The molecule has 1 aliphatic heterocycles. The lowest BCUT2D eigenvalue weighted by Gasteiger charge is -2.40. The molecule has 6 N–H and O–H groups in total. The third kappa shape index (κ3) is 39.9. The molecule has 0 aromatic carbocycles. The molecule has 0 aliphatic carbocycles. The van der Waals surface area contributed by atoms with Gasteiger partial charge in [0, 0.05) is 6.42 Å². The molecule has 1 heterocycles. The van der Waals surface area contributed by atoms with E-state index in [2.05, 4.69) is 43.5 Å². The van der Waals surface area contributed by atoms with E-state index < -0.39 is 49.5 Å². The van der Waals surface area contributed by atoms with Gasteiger partial charge in [0.1, 0.15) is 24.4 Å². The molecule has 412 valence electrons. The average Bonchev–Trinajstić information content (AvgIpc) is 3.36. The zero-order valence-electron chi connectivity index (χ0n) is 45.8. The summed E-state index contributed by atoms with van der Waals surface area (Å²) in [5.74, 6) is -0.182. The van der Waals surface area contributed by atoms with Gasteiger partial charge in [-0.05, 0) is 57.8 Å². The van der Waals surface area contributed by atoms with Gasteiger partial charge in [-0.15, -0.1) is 0 Å². The van der Waals surface area contributed by atoms with Gasteiger partial charge in [0.25, 0.3) is 0 Å². The standard InChI is InChI=1S/C61H115NO8/c1-3-5-7-9-11-13-15-17-19-21-23-25-26-27-28-29-30-31-33-35-37-39-41-43-45-47-49-51-57(65)62-54(53-69-61-60(68)59(67)58(66)56(52-63)70-61)55(64)50-48-46-44-42-40-38-36-34-32-24-22-20-18-16-14-12-10-8-6-4-2/h21,23,40,42,48,50,54-56,58-61,63-64,66-68H,3-20,22,24-39,41,43-47,49,51-53H2,1-2H3,(H,62,65)/b23-21-,42-40+,50-48+. The second-order valence-corrected chi connectivity index (χ2v) is 21.1. The van der Waals surface area contributed by atoms with Crippen LogP contribution in [0.4, 0.5) is 0 Å². The van der Waals surface area contributed by atoms with Gasteiger partial charge in [0.2, 0.25) is 5.91 Å². The Kier molecular flexibility index (Phi) is 48.3. The van der Waals surface area contributed by atoms with Crippen molar-refractivity contribution in [2.45, 2.75) is 333 Å². The van der Waals surface area contributed by atoms with E-state index >= 15 is 0 Å². The number of carbonyl (C=O) groups excluding carboxylic acids is 1. The number of rotatable bonds is 52. The molecule has 9 heteroatoms. The molecule has 0 radical (unpaired) electrons. The number of aliphatic hydroxyl groups excluding tert-OH is 5. The minimum Gasteiger partial charge on any atom is -0.394 e. The van der Waals surface area contributed by atoms with Gasteiger partial charge in [0.15, 0.2) is 6.29 Å². The Bertz CT molecular complexity index is 1190. The highest BCUT2D eigenvalue weighted by Gasteiger charge is 2.44. The average molecular weight is 991 g/mol. The summed E-state index contributed by atoms with van der Waals surface area (Å²) in [5.41, 5.74) is 0. The summed E-state index contributed by atoms with van der Waals surface area (Å²) < 4.78 is 11.3. The van der Waals surface area contributed by atoms with E-state index in [0.717, 1.165) is 38.5 Å². The summed E-state index contributed by atoms with van der Waals surface area (Å²) in [6, 6.07) is -0.821. The first-order chi connectivity index (χ1) is 34.3. The first kappa shape index (κ1) is 66.4. The topological polar surface area (TPSA) is 149 Å². The van der Waals surface area contributed by atoms with E-state index in [1.807, 2.05) is 6.08 Å². The maximum atomic E-state index is 13.1. The Labute approximate surface area is 431 Å². The van der Waals surface area contributed by atoms with Crippen molar-refractivity contribution in [2.75, 3.05) is 13.2 Å². The van der Waals surface area contributed by atoms with Crippen LogP contribution in [0.15, 0.2) is 36.5 Å². The second-order valence-electron chi connectivity index (χ2n) is 21.1. The minimum absolute atomic E-state index is 0.182. The molecule has 0 aromatic rings. The molecule has 0 saturated carbocycles. The third-order valence-corrected chi connectivity index (χ3v) is 14.4. The van der Waals surface area contributed by atoms with Gasteiger partial charge >= 0.3 is 0 Å². The van der Waals surface area contributed by atoms with E-state index in [9.17, 15) is 30.3 Å². The molecule has 1 aliphatic rings. The molecule has 9 nitrogen and oxygen atoms in total. The number of amides is 1. The number of hydrogen-bond donors (Lipinski definition) is 6. The largest absolute Gasteiger partial charge is 0.394 e. The van der Waals surface area contributed by atoms with Crippen molar-refractivity contribution in [3.05, 3.63) is 36.5 Å². The van der Waals surface area contributed by atoms with Crippen LogP contribution in [0.5, 0.6) is 0 Å². The molecule has 1 rings (SSSR count). The van der Waals surface area contributed by atoms with Crippen LogP contribution in [0.2, 0.25) is 0 Å². The van der Waals surface area contributed by atoms with E-state index in [1.54, 1.807) is 6.08 Å². The van der Waals surface area contributed by atoms with Crippen LogP contribution in [0.25, 0.3) is 0 Å². The Balaban J connectivity index is 2.21. The highest BCUT2D eigenvalue weighted by molar-refractivity contribution is 5.76. The quantitative estimate of drug-likeness (QED) is 0.0261. The van der Waals surface area contributed by atoms with Gasteiger partial charge in [-0.2, -0.15) is 0 Å². The monoisotopic (exact) mass is 990 g/mol. The summed E-state index contributed by atoms with van der Waals surface area (Å²) in [4.78, 5) is 13.1. The number of unbranched alkanes of at least 4 members (excludes halogenated alkanes) is 38. The van der Waals surface area contributed by atoms with Crippen molar-refractivity contribution < 1.29 is 39.8 Å². The normalized spacial score (nSPS) is 19.6. The second kappa shape index (κ2) is 50.9. The number of ether oxygens (including phenoxy) is 2. The van der Waals surface area contributed by atoms with E-state index in [0.29, 0.717) is 6.42 Å². The Morgan fingerprint density at radius 3 is 1.20 bits per heavy atom. The molecule has 1 saturated heterocycles. The number of allylic oxidation sites excluding steroid dienone is 5. The van der Waals surface area contributed by atoms with Crippen LogP contribution in [0, 0.1) is 0 Å². The molecule has 1 fully saturated rings. The van der Waals surface area contributed by atoms with Gasteiger partial charge in [-0.1, -0.05) is 262 Å². The maximum absolute atomic E-state index is 13.1. The summed E-state index contributed by atoms with van der Waals surface area (Å²) >= 11 is 0. The number of aliphatic hydroxyl groups is 5. The highest BCUT2D eigenvalue weighted by Crippen LogP contribution is 2.23. The predicted molar refractivity (Wildman–Crippen MR) is 295 cm³/mol. The van der Waals surface area contributed by atoms with Crippen LogP contribution in [-0.2, 0) is 14.3 Å². The lowest BCUT2D eigenvalue weighted by Crippen LogP contribution is -2.60. The lowest BCUT2D eigenvalue weighted by atomic mass is 9.99. The van der Waals surface area contributed by atoms with Crippen molar-refractivity contribution in [2.24, 2.45) is 0 Å². The fourth-order valence-electron chi connectivity index (χ4n) is 9.64. The molecule has 0 bridgehead atoms. The van der Waals surface area contributed by atoms with Crippen LogP contribution in [0.3, 0.4) is 0 Å². The van der Waals surface area contributed by atoms with E-state index in [-0.39, 0.29) is 12.5 Å². The summed E-state index contributed by atoms with van der Waals surface area (Å²) in [7, 11) is 0. The van der Waals surface area contributed by atoms with Gasteiger partial charge in [-0.3, -0.25) is 4.79 Å². The molecule has 0 aromatic heterocycles. The molecule has 70 heavy (non-hydrogen) atoms. The smallest absolute Gasteiger partial charge is 0.220 e. The first-order valence-electron chi connectivity index (χ1n) is 30.2. The van der Waals surface area contributed by atoms with Crippen LogP contribution >= 0.6 is 0 Å². The van der Waals surface area contributed by atoms with Crippen LogP contribution in [-0.4, -0.2) is 87.5 Å². The van der Waals surface area contributed by atoms with E-state index in [4.69, 9.17) is 9.47 Å². The molecular weight excluding hydrogens is 875 g/mol. The fourth-order valence-corrected chi connectivity index (χ4v) is 9.64. The van der Waals surface area contributed by atoms with Crippen molar-refractivity contribution in [3.8, 4) is 0 Å². The Morgan fingerprint density at radius 1 is 0.471 bits per heavy atom. The summed E-state index contributed by atoms with van der Waals surface area (Å²) in [6.45, 7) is 3.80. The van der Waals surface area contributed by atoms with Crippen LogP contribution in [0.1, 0.15) is 290 Å².